The molecule has 0 saturated heterocycles. The predicted molar refractivity (Wildman–Crippen MR) is 71.2 cm³/mol. The number of carbonyl (C=O) groups is 4. The van der Waals surface area contributed by atoms with Crippen LogP contribution in [0.5, 0.6) is 0 Å². The summed E-state index contributed by atoms with van der Waals surface area (Å²) in [6.07, 6.45) is -1.28. The number of ether oxygens (including phenoxy) is 2. The van der Waals surface area contributed by atoms with Crippen molar-refractivity contribution in [1.82, 2.24) is 0 Å². The van der Waals surface area contributed by atoms with Crippen LogP contribution in [0.4, 0.5) is 0 Å². The largest absolute Gasteiger partial charge is 0.481 e. The van der Waals surface area contributed by atoms with Crippen LogP contribution >= 0.6 is 0 Å². The minimum absolute atomic E-state index is 0.0327. The SMILES string of the molecule is CCOCCC(CC(=O)O)=C(CC(=O)O)C(=O)OCC(=O)O. The predicted octanol–water partition coefficient (Wildman–Crippen LogP) is 0.287. The van der Waals surface area contributed by atoms with Crippen LogP contribution in [0.15, 0.2) is 11.1 Å². The Kier molecular flexibility index (Phi) is 9.19. The minimum atomic E-state index is -1.41. The molecule has 3 N–H and O–H groups in total. The van der Waals surface area contributed by atoms with Crippen molar-refractivity contribution in [3.05, 3.63) is 11.1 Å². The Morgan fingerprint density at radius 2 is 1.50 bits per heavy atom. The average molecular weight is 318 g/mol. The van der Waals surface area contributed by atoms with Gasteiger partial charge in [-0.05, 0) is 18.9 Å². The number of hydrogen-bond donors (Lipinski definition) is 3. The smallest absolute Gasteiger partial charge is 0.341 e. The summed E-state index contributed by atoms with van der Waals surface area (Å²) in [4.78, 5) is 43.9. The van der Waals surface area contributed by atoms with Gasteiger partial charge in [-0.3, -0.25) is 9.59 Å². The van der Waals surface area contributed by atoms with Crippen molar-refractivity contribution in [3.63, 3.8) is 0 Å². The summed E-state index contributed by atoms with van der Waals surface area (Å²) < 4.78 is 9.50. The van der Waals surface area contributed by atoms with Crippen molar-refractivity contribution in [2.45, 2.75) is 26.2 Å². The van der Waals surface area contributed by atoms with Crippen LogP contribution in [0, 0.1) is 0 Å². The molecule has 0 aromatic carbocycles. The summed E-state index contributed by atoms with van der Waals surface area (Å²) in [6.45, 7) is 1.26. The van der Waals surface area contributed by atoms with Crippen molar-refractivity contribution < 1.29 is 44.0 Å². The lowest BCUT2D eigenvalue weighted by Crippen LogP contribution is -2.19. The molecule has 0 aliphatic heterocycles. The van der Waals surface area contributed by atoms with E-state index in [0.717, 1.165) is 0 Å². The van der Waals surface area contributed by atoms with Crippen molar-refractivity contribution in [2.75, 3.05) is 19.8 Å². The summed E-state index contributed by atoms with van der Waals surface area (Å²) in [6, 6.07) is 0. The molecular formula is C13H18O9. The molecule has 9 nitrogen and oxygen atoms in total. The Morgan fingerprint density at radius 1 is 0.909 bits per heavy atom. The lowest BCUT2D eigenvalue weighted by molar-refractivity contribution is -0.153. The highest BCUT2D eigenvalue weighted by atomic mass is 16.5. The first-order valence-corrected chi connectivity index (χ1v) is 6.39. The zero-order valence-corrected chi connectivity index (χ0v) is 12.0. The second-order valence-corrected chi connectivity index (χ2v) is 4.14. The lowest BCUT2D eigenvalue weighted by Gasteiger charge is -2.12. The van der Waals surface area contributed by atoms with Gasteiger partial charge in [-0.25, -0.2) is 9.59 Å². The highest BCUT2D eigenvalue weighted by Crippen LogP contribution is 2.19. The van der Waals surface area contributed by atoms with E-state index in [4.69, 9.17) is 20.1 Å². The van der Waals surface area contributed by atoms with Crippen molar-refractivity contribution >= 4 is 23.9 Å². The number of carboxylic acid groups (broad SMARTS) is 3. The first kappa shape index (κ1) is 19.6. The van der Waals surface area contributed by atoms with Crippen LogP contribution < -0.4 is 0 Å². The maximum Gasteiger partial charge on any atom is 0.341 e. The number of esters is 1. The highest BCUT2D eigenvalue weighted by Gasteiger charge is 2.22. The average Bonchev–Trinajstić information content (AvgIpc) is 2.40. The van der Waals surface area contributed by atoms with E-state index < -0.39 is 43.3 Å². The van der Waals surface area contributed by atoms with Gasteiger partial charge < -0.3 is 24.8 Å². The van der Waals surface area contributed by atoms with Crippen LogP contribution in [0.25, 0.3) is 0 Å². The van der Waals surface area contributed by atoms with E-state index in [1.807, 2.05) is 0 Å². The molecule has 0 radical (unpaired) electrons. The summed E-state index contributed by atoms with van der Waals surface area (Å²) in [5, 5.41) is 26.1. The van der Waals surface area contributed by atoms with Crippen LogP contribution in [-0.4, -0.2) is 59.0 Å². The fraction of sp³-hybridized carbons (Fsp3) is 0.538. The molecular weight excluding hydrogens is 300 g/mol. The van der Waals surface area contributed by atoms with E-state index in [0.29, 0.717) is 6.61 Å². The summed E-state index contributed by atoms with van der Waals surface area (Å²) in [7, 11) is 0. The highest BCUT2D eigenvalue weighted by molar-refractivity contribution is 5.95. The summed E-state index contributed by atoms with van der Waals surface area (Å²) >= 11 is 0. The third-order valence-corrected chi connectivity index (χ3v) is 2.44. The van der Waals surface area contributed by atoms with Crippen LogP contribution in [-0.2, 0) is 28.7 Å². The Balaban J connectivity index is 5.33. The second-order valence-electron chi connectivity index (χ2n) is 4.14. The molecule has 9 heteroatoms. The Hall–Kier alpha value is -2.42. The topological polar surface area (TPSA) is 147 Å². The Morgan fingerprint density at radius 3 is 1.95 bits per heavy atom. The number of rotatable bonds is 11. The number of carboxylic acids is 3. The number of hydrogen-bond acceptors (Lipinski definition) is 6. The molecule has 0 atom stereocenters. The van der Waals surface area contributed by atoms with Gasteiger partial charge in [-0.1, -0.05) is 0 Å². The van der Waals surface area contributed by atoms with Gasteiger partial charge in [-0.2, -0.15) is 0 Å². The maximum atomic E-state index is 11.8. The van der Waals surface area contributed by atoms with Gasteiger partial charge in [0.05, 0.1) is 19.4 Å². The molecule has 0 fully saturated rings. The van der Waals surface area contributed by atoms with Crippen molar-refractivity contribution in [3.8, 4) is 0 Å². The van der Waals surface area contributed by atoms with Gasteiger partial charge in [0.25, 0.3) is 0 Å². The molecule has 0 aromatic heterocycles. The van der Waals surface area contributed by atoms with Gasteiger partial charge in [0.2, 0.25) is 0 Å². The van der Waals surface area contributed by atoms with E-state index in [-0.39, 0.29) is 24.2 Å². The molecule has 0 aliphatic carbocycles. The molecule has 0 amide bonds. The lowest BCUT2D eigenvalue weighted by atomic mass is 9.99. The Bertz CT molecular complexity index is 464. The first-order chi connectivity index (χ1) is 10.3. The van der Waals surface area contributed by atoms with Crippen molar-refractivity contribution in [1.29, 1.82) is 0 Å². The molecule has 0 rings (SSSR count). The summed E-state index contributed by atoms with van der Waals surface area (Å²) in [5.74, 6) is -5.17. The van der Waals surface area contributed by atoms with E-state index >= 15 is 0 Å². The zero-order valence-electron chi connectivity index (χ0n) is 12.0. The fourth-order valence-corrected chi connectivity index (χ4v) is 1.58. The quantitative estimate of drug-likeness (QED) is 0.277. The van der Waals surface area contributed by atoms with Gasteiger partial charge in [0.1, 0.15) is 0 Å². The Labute approximate surface area is 126 Å². The molecule has 22 heavy (non-hydrogen) atoms. The molecule has 0 aromatic rings. The second kappa shape index (κ2) is 10.3. The fourth-order valence-electron chi connectivity index (χ4n) is 1.58. The van der Waals surface area contributed by atoms with E-state index in [1.54, 1.807) is 6.92 Å². The zero-order chi connectivity index (χ0) is 17.1. The normalized spacial score (nSPS) is 11.5. The van der Waals surface area contributed by atoms with Gasteiger partial charge in [0.15, 0.2) is 6.61 Å². The standard InChI is InChI=1S/C13H18O9/c1-2-21-4-3-8(5-10(14)15)9(6-11(16)17)13(20)22-7-12(18)19/h2-7H2,1H3,(H,14,15)(H,16,17)(H,18,19). The molecule has 124 valence electrons. The van der Waals surface area contributed by atoms with E-state index in [1.165, 1.54) is 0 Å². The van der Waals surface area contributed by atoms with Gasteiger partial charge >= 0.3 is 23.9 Å². The maximum absolute atomic E-state index is 11.8. The number of carbonyl (C=O) groups excluding carboxylic acids is 1. The van der Waals surface area contributed by atoms with Gasteiger partial charge in [-0.15, -0.1) is 0 Å². The minimum Gasteiger partial charge on any atom is -0.481 e. The monoisotopic (exact) mass is 318 g/mol. The molecule has 0 bridgehead atoms. The molecule has 0 aliphatic rings. The molecule has 0 saturated carbocycles. The molecule has 0 heterocycles. The van der Waals surface area contributed by atoms with Crippen molar-refractivity contribution in [2.24, 2.45) is 0 Å². The number of aliphatic carboxylic acids is 3. The molecule has 0 spiro atoms. The third-order valence-electron chi connectivity index (χ3n) is 2.44. The molecule has 0 unspecified atom stereocenters. The third kappa shape index (κ3) is 8.69. The summed E-state index contributed by atoms with van der Waals surface area (Å²) in [5.41, 5.74) is -0.324. The van der Waals surface area contributed by atoms with E-state index in [2.05, 4.69) is 4.74 Å². The van der Waals surface area contributed by atoms with Gasteiger partial charge in [0, 0.05) is 12.2 Å². The first-order valence-electron chi connectivity index (χ1n) is 6.39. The van der Waals surface area contributed by atoms with Crippen LogP contribution in [0.2, 0.25) is 0 Å². The van der Waals surface area contributed by atoms with Crippen LogP contribution in [0.1, 0.15) is 26.2 Å². The van der Waals surface area contributed by atoms with E-state index in [9.17, 15) is 19.2 Å². The van der Waals surface area contributed by atoms with Crippen LogP contribution in [0.3, 0.4) is 0 Å².